The van der Waals surface area contributed by atoms with Crippen molar-refractivity contribution in [3.8, 4) is 5.69 Å². The fraction of sp³-hybridized carbons (Fsp3) is 0.385. The van der Waals surface area contributed by atoms with E-state index in [9.17, 15) is 4.39 Å². The van der Waals surface area contributed by atoms with Crippen molar-refractivity contribution in [2.24, 2.45) is 5.73 Å². The Morgan fingerprint density at radius 3 is 2.79 bits per heavy atom. The molecule has 1 aromatic carbocycles. The molecule has 0 bridgehead atoms. The van der Waals surface area contributed by atoms with E-state index in [1.807, 2.05) is 13.8 Å². The molecule has 0 aliphatic rings. The Hall–Kier alpha value is -1.46. The maximum Gasteiger partial charge on any atom is 0.149 e. The molecule has 0 aliphatic heterocycles. The van der Waals surface area contributed by atoms with Gasteiger partial charge in [-0.25, -0.2) is 9.07 Å². The van der Waals surface area contributed by atoms with E-state index in [2.05, 4.69) is 10.3 Å². The first kappa shape index (κ1) is 14.0. The summed E-state index contributed by atoms with van der Waals surface area (Å²) in [5.74, 6) is -0.388. The van der Waals surface area contributed by atoms with Gasteiger partial charge < -0.3 is 5.73 Å². The van der Waals surface area contributed by atoms with Gasteiger partial charge in [0.1, 0.15) is 17.2 Å². The summed E-state index contributed by atoms with van der Waals surface area (Å²) in [6.07, 6.45) is 1.42. The highest BCUT2D eigenvalue weighted by Crippen LogP contribution is 2.23. The molecule has 0 spiro atoms. The zero-order valence-electron chi connectivity index (χ0n) is 10.9. The molecule has 1 atom stereocenters. The highest BCUT2D eigenvalue weighted by Gasteiger charge is 2.19. The van der Waals surface area contributed by atoms with Crippen LogP contribution in [0.2, 0.25) is 5.02 Å². The molecule has 4 nitrogen and oxygen atoms in total. The van der Waals surface area contributed by atoms with Crippen molar-refractivity contribution in [1.29, 1.82) is 0 Å². The van der Waals surface area contributed by atoms with Crippen LogP contribution in [-0.2, 0) is 6.42 Å². The first-order valence-electron chi connectivity index (χ1n) is 6.23. The van der Waals surface area contributed by atoms with Crippen molar-refractivity contribution < 1.29 is 4.39 Å². The van der Waals surface area contributed by atoms with Gasteiger partial charge in [-0.05, 0) is 31.0 Å². The molecule has 6 heteroatoms. The third-order valence-electron chi connectivity index (χ3n) is 3.06. The average molecular weight is 283 g/mol. The predicted octanol–water partition coefficient (Wildman–Crippen LogP) is 3.03. The van der Waals surface area contributed by atoms with Crippen LogP contribution in [0.4, 0.5) is 4.39 Å². The van der Waals surface area contributed by atoms with Crippen LogP contribution < -0.4 is 5.73 Å². The van der Waals surface area contributed by atoms with Gasteiger partial charge in [0.2, 0.25) is 0 Å². The molecule has 1 unspecified atom stereocenters. The van der Waals surface area contributed by atoms with Crippen LogP contribution in [0, 0.1) is 5.82 Å². The fourth-order valence-corrected chi connectivity index (χ4v) is 2.13. The quantitative estimate of drug-likeness (QED) is 0.938. The Labute approximate surface area is 116 Å². The summed E-state index contributed by atoms with van der Waals surface area (Å²) < 4.78 is 15.4. The van der Waals surface area contributed by atoms with Gasteiger partial charge in [-0.3, -0.25) is 0 Å². The molecule has 0 saturated heterocycles. The number of benzene rings is 1. The topological polar surface area (TPSA) is 56.7 Å². The maximum atomic E-state index is 13.9. The Morgan fingerprint density at radius 2 is 2.16 bits per heavy atom. The number of nitrogens with zero attached hydrogens (tertiary/aromatic N) is 3. The minimum atomic E-state index is -0.388. The molecular weight excluding hydrogens is 267 g/mol. The van der Waals surface area contributed by atoms with Gasteiger partial charge in [-0.1, -0.05) is 30.7 Å². The largest absolute Gasteiger partial charge is 0.323 e. The van der Waals surface area contributed by atoms with E-state index in [-0.39, 0.29) is 11.9 Å². The molecule has 0 amide bonds. The van der Waals surface area contributed by atoms with Crippen molar-refractivity contribution in [3.63, 3.8) is 0 Å². The van der Waals surface area contributed by atoms with Gasteiger partial charge in [0.25, 0.3) is 0 Å². The van der Waals surface area contributed by atoms with Crippen LogP contribution in [0.3, 0.4) is 0 Å². The Kier molecular flexibility index (Phi) is 4.17. The molecule has 19 heavy (non-hydrogen) atoms. The number of hydrogen-bond acceptors (Lipinski definition) is 3. The first-order chi connectivity index (χ1) is 9.08. The number of rotatable bonds is 4. The second-order valence-corrected chi connectivity index (χ2v) is 4.73. The third kappa shape index (κ3) is 2.62. The molecule has 0 fully saturated rings. The van der Waals surface area contributed by atoms with Crippen molar-refractivity contribution in [3.05, 3.63) is 40.4 Å². The number of halogens is 2. The van der Waals surface area contributed by atoms with Gasteiger partial charge in [0.05, 0.1) is 11.7 Å². The zero-order chi connectivity index (χ0) is 14.0. The lowest BCUT2D eigenvalue weighted by Gasteiger charge is -2.10. The van der Waals surface area contributed by atoms with Crippen molar-refractivity contribution in [2.75, 3.05) is 0 Å². The molecule has 2 N–H and O–H groups in total. The smallest absolute Gasteiger partial charge is 0.149 e. The highest BCUT2D eigenvalue weighted by molar-refractivity contribution is 6.30. The van der Waals surface area contributed by atoms with E-state index in [0.717, 1.165) is 12.1 Å². The molecule has 0 aliphatic carbocycles. The Bertz CT molecular complexity index is 582. The molecule has 1 aromatic heterocycles. The van der Waals surface area contributed by atoms with Gasteiger partial charge >= 0.3 is 0 Å². The molecule has 0 saturated carbocycles. The number of hydrogen-bond donors (Lipinski definition) is 1. The molecular formula is C13H16ClFN4. The predicted molar refractivity (Wildman–Crippen MR) is 72.9 cm³/mol. The molecule has 102 valence electrons. The monoisotopic (exact) mass is 282 g/mol. The first-order valence-corrected chi connectivity index (χ1v) is 6.61. The summed E-state index contributed by atoms with van der Waals surface area (Å²) in [5, 5.41) is 8.55. The molecule has 2 rings (SSSR count). The van der Waals surface area contributed by atoms with E-state index in [1.54, 1.807) is 0 Å². The second-order valence-electron chi connectivity index (χ2n) is 4.30. The minimum Gasteiger partial charge on any atom is -0.323 e. The summed E-state index contributed by atoms with van der Waals surface area (Å²) in [6, 6.07) is 4.16. The van der Waals surface area contributed by atoms with Crippen molar-refractivity contribution in [1.82, 2.24) is 15.0 Å². The van der Waals surface area contributed by atoms with Gasteiger partial charge in [0.15, 0.2) is 0 Å². The summed E-state index contributed by atoms with van der Waals surface area (Å²) in [7, 11) is 0. The minimum absolute atomic E-state index is 0.189. The summed E-state index contributed by atoms with van der Waals surface area (Å²) >= 11 is 5.91. The normalized spacial score (nSPS) is 12.7. The standard InChI is InChI=1S/C13H16ClFN4/c1-3-10(16)13-11(4-2)19(18-17-13)12-7-8(14)5-6-9(12)15/h5-7,10H,3-4,16H2,1-2H3. The van der Waals surface area contributed by atoms with Crippen LogP contribution in [0.1, 0.15) is 37.7 Å². The van der Waals surface area contributed by atoms with Gasteiger partial charge in [0, 0.05) is 5.02 Å². The lowest BCUT2D eigenvalue weighted by molar-refractivity contribution is 0.603. The van der Waals surface area contributed by atoms with Crippen LogP contribution in [-0.4, -0.2) is 15.0 Å². The van der Waals surface area contributed by atoms with Crippen molar-refractivity contribution >= 4 is 11.6 Å². The molecule has 1 heterocycles. The average Bonchev–Trinajstić information content (AvgIpc) is 2.84. The lowest BCUT2D eigenvalue weighted by Crippen LogP contribution is -2.12. The SMILES string of the molecule is CCc1c(C(N)CC)nnn1-c1cc(Cl)ccc1F. The highest BCUT2D eigenvalue weighted by atomic mass is 35.5. The van der Waals surface area contributed by atoms with Crippen LogP contribution in [0.15, 0.2) is 18.2 Å². The number of nitrogens with two attached hydrogens (primary N) is 1. The zero-order valence-corrected chi connectivity index (χ0v) is 11.7. The lowest BCUT2D eigenvalue weighted by atomic mass is 10.1. The number of aromatic nitrogens is 3. The third-order valence-corrected chi connectivity index (χ3v) is 3.29. The second kappa shape index (κ2) is 5.67. The fourth-order valence-electron chi connectivity index (χ4n) is 1.97. The molecule has 0 radical (unpaired) electrons. The summed E-state index contributed by atoms with van der Waals surface area (Å²) in [6.45, 7) is 3.94. The van der Waals surface area contributed by atoms with E-state index >= 15 is 0 Å². The molecule has 2 aromatic rings. The summed E-state index contributed by atoms with van der Waals surface area (Å²) in [4.78, 5) is 0. The maximum absolute atomic E-state index is 13.9. The van der Waals surface area contributed by atoms with Gasteiger partial charge in [-0.15, -0.1) is 5.10 Å². The summed E-state index contributed by atoms with van der Waals surface area (Å²) in [5.41, 5.74) is 7.82. The van der Waals surface area contributed by atoms with E-state index in [1.165, 1.54) is 22.9 Å². The van der Waals surface area contributed by atoms with Crippen LogP contribution >= 0.6 is 11.6 Å². The van der Waals surface area contributed by atoms with Crippen molar-refractivity contribution in [2.45, 2.75) is 32.7 Å². The van der Waals surface area contributed by atoms with E-state index < -0.39 is 0 Å². The van der Waals surface area contributed by atoms with Crippen LogP contribution in [0.5, 0.6) is 0 Å². The van der Waals surface area contributed by atoms with Gasteiger partial charge in [-0.2, -0.15) is 0 Å². The van der Waals surface area contributed by atoms with E-state index in [4.69, 9.17) is 17.3 Å². The Morgan fingerprint density at radius 1 is 1.42 bits per heavy atom. The van der Waals surface area contributed by atoms with E-state index in [0.29, 0.717) is 22.8 Å². The van der Waals surface area contributed by atoms with Crippen LogP contribution in [0.25, 0.3) is 5.69 Å². The Balaban J connectivity index is 2.56.